The monoisotopic (exact) mass is 328 g/mol. The predicted octanol–water partition coefficient (Wildman–Crippen LogP) is 4.38. The second-order valence-electron chi connectivity index (χ2n) is 4.83. The van der Waals surface area contributed by atoms with E-state index in [1.807, 2.05) is 38.1 Å². The van der Waals surface area contributed by atoms with Gasteiger partial charge in [0.15, 0.2) is 0 Å². The maximum Gasteiger partial charge on any atom is 0.264 e. The topological polar surface area (TPSA) is 57.2 Å². The molecule has 0 atom stereocenters. The van der Waals surface area contributed by atoms with Crippen molar-refractivity contribution in [2.75, 3.05) is 13.1 Å². The van der Waals surface area contributed by atoms with Crippen LogP contribution in [0.15, 0.2) is 46.4 Å². The number of rotatable bonds is 5. The van der Waals surface area contributed by atoms with Crippen molar-refractivity contribution in [1.29, 1.82) is 5.26 Å². The van der Waals surface area contributed by atoms with Crippen molar-refractivity contribution in [1.82, 2.24) is 4.90 Å². The van der Waals surface area contributed by atoms with Crippen LogP contribution in [0.1, 0.15) is 19.6 Å². The van der Waals surface area contributed by atoms with Crippen molar-refractivity contribution in [2.45, 2.75) is 13.8 Å². The first-order chi connectivity index (χ1) is 11.1. The molecule has 1 heterocycles. The molecule has 2 rings (SSSR count). The fraction of sp³-hybridized carbons (Fsp3) is 0.222. The molecule has 0 unspecified atom stereocenters. The zero-order valence-corrected chi connectivity index (χ0v) is 13.8. The lowest BCUT2D eigenvalue weighted by atomic mass is 10.2. The van der Waals surface area contributed by atoms with Crippen LogP contribution in [0.5, 0.6) is 0 Å². The van der Waals surface area contributed by atoms with Crippen LogP contribution in [-0.4, -0.2) is 23.9 Å². The quantitative estimate of drug-likeness (QED) is 0.604. The summed E-state index contributed by atoms with van der Waals surface area (Å²) in [7, 11) is 0. The van der Waals surface area contributed by atoms with Crippen LogP contribution >= 0.6 is 11.6 Å². The van der Waals surface area contributed by atoms with E-state index in [-0.39, 0.29) is 11.5 Å². The van der Waals surface area contributed by atoms with Crippen molar-refractivity contribution in [2.24, 2.45) is 0 Å². The van der Waals surface area contributed by atoms with Crippen molar-refractivity contribution in [3.8, 4) is 17.4 Å². The van der Waals surface area contributed by atoms with Gasteiger partial charge in [-0.05, 0) is 38.1 Å². The Morgan fingerprint density at radius 3 is 2.57 bits per heavy atom. The fourth-order valence-corrected chi connectivity index (χ4v) is 2.43. The summed E-state index contributed by atoms with van der Waals surface area (Å²) >= 11 is 6.14. The summed E-state index contributed by atoms with van der Waals surface area (Å²) in [6, 6.07) is 12.8. The molecule has 0 saturated carbocycles. The average molecular weight is 329 g/mol. The minimum absolute atomic E-state index is 0.0498. The van der Waals surface area contributed by atoms with Gasteiger partial charge in [-0.15, -0.1) is 0 Å². The molecule has 4 nitrogen and oxygen atoms in total. The number of likely N-dealkylation sites (N-methyl/N-ethyl adjacent to an activating group) is 1. The van der Waals surface area contributed by atoms with Gasteiger partial charge in [0.05, 0.1) is 5.02 Å². The third-order valence-electron chi connectivity index (χ3n) is 3.45. The second kappa shape index (κ2) is 7.66. The van der Waals surface area contributed by atoms with E-state index in [0.29, 0.717) is 29.6 Å². The SMILES string of the molecule is CCN(CC)C(=O)C(C#N)=Cc1ccc(-c2ccccc2Cl)o1. The Bertz CT molecular complexity index is 767. The zero-order chi connectivity index (χ0) is 16.8. The number of carbonyl (C=O) groups is 1. The molecule has 1 aromatic heterocycles. The highest BCUT2D eigenvalue weighted by atomic mass is 35.5. The standard InChI is InChI=1S/C18H17ClN2O2/c1-3-21(4-2)18(22)13(12-20)11-14-9-10-17(23-14)15-7-5-6-8-16(15)19/h5-11H,3-4H2,1-2H3. The number of carbonyl (C=O) groups excluding carboxylic acids is 1. The van der Waals surface area contributed by atoms with E-state index in [4.69, 9.17) is 16.0 Å². The summed E-state index contributed by atoms with van der Waals surface area (Å²) in [5.74, 6) is 0.736. The zero-order valence-electron chi connectivity index (χ0n) is 13.0. The fourth-order valence-electron chi connectivity index (χ4n) is 2.20. The molecule has 118 valence electrons. The first kappa shape index (κ1) is 16.9. The average Bonchev–Trinajstić information content (AvgIpc) is 3.02. The molecule has 1 amide bonds. The lowest BCUT2D eigenvalue weighted by Gasteiger charge is -2.17. The minimum Gasteiger partial charge on any atom is -0.457 e. The Morgan fingerprint density at radius 1 is 1.26 bits per heavy atom. The Kier molecular flexibility index (Phi) is 5.61. The Labute approximate surface area is 140 Å². The van der Waals surface area contributed by atoms with Crippen LogP contribution in [0.25, 0.3) is 17.4 Å². The summed E-state index contributed by atoms with van der Waals surface area (Å²) in [5.41, 5.74) is 0.816. The maximum absolute atomic E-state index is 12.2. The summed E-state index contributed by atoms with van der Waals surface area (Å²) in [6.45, 7) is 4.85. The van der Waals surface area contributed by atoms with Crippen molar-refractivity contribution >= 4 is 23.6 Å². The number of nitrogens with zero attached hydrogens (tertiary/aromatic N) is 2. The van der Waals surface area contributed by atoms with E-state index in [1.165, 1.54) is 6.08 Å². The van der Waals surface area contributed by atoms with E-state index in [1.54, 1.807) is 23.1 Å². The third-order valence-corrected chi connectivity index (χ3v) is 3.78. The second-order valence-corrected chi connectivity index (χ2v) is 5.24. The maximum atomic E-state index is 12.2. The normalized spacial score (nSPS) is 11.1. The largest absolute Gasteiger partial charge is 0.457 e. The Hall–Kier alpha value is -2.51. The van der Waals surface area contributed by atoms with Crippen LogP contribution in [-0.2, 0) is 4.79 Å². The number of amides is 1. The van der Waals surface area contributed by atoms with E-state index in [0.717, 1.165) is 5.56 Å². The molecule has 0 aliphatic carbocycles. The molecule has 0 radical (unpaired) electrons. The summed E-state index contributed by atoms with van der Waals surface area (Å²) in [4.78, 5) is 13.8. The number of hydrogen-bond donors (Lipinski definition) is 0. The first-order valence-corrected chi connectivity index (χ1v) is 7.74. The van der Waals surface area contributed by atoms with Crippen molar-refractivity contribution in [3.05, 3.63) is 52.8 Å². The highest BCUT2D eigenvalue weighted by Crippen LogP contribution is 2.29. The van der Waals surface area contributed by atoms with Crippen LogP contribution in [0.4, 0.5) is 0 Å². The minimum atomic E-state index is -0.298. The molecule has 23 heavy (non-hydrogen) atoms. The molecule has 2 aromatic rings. The van der Waals surface area contributed by atoms with Crippen molar-refractivity contribution in [3.63, 3.8) is 0 Å². The van der Waals surface area contributed by atoms with Gasteiger partial charge in [-0.3, -0.25) is 4.79 Å². The molecule has 5 heteroatoms. The van der Waals surface area contributed by atoms with Gasteiger partial charge in [0, 0.05) is 24.7 Å². The van der Waals surface area contributed by atoms with Crippen LogP contribution in [0.2, 0.25) is 5.02 Å². The molecule has 0 N–H and O–H groups in total. The lowest BCUT2D eigenvalue weighted by Crippen LogP contribution is -2.31. The third kappa shape index (κ3) is 3.82. The molecule has 0 spiro atoms. The van der Waals surface area contributed by atoms with E-state index in [2.05, 4.69) is 0 Å². The van der Waals surface area contributed by atoms with Crippen molar-refractivity contribution < 1.29 is 9.21 Å². The number of nitriles is 1. The smallest absolute Gasteiger partial charge is 0.264 e. The summed E-state index contributed by atoms with van der Waals surface area (Å²) in [5, 5.41) is 9.82. The van der Waals surface area contributed by atoms with Gasteiger partial charge in [0.2, 0.25) is 0 Å². The van der Waals surface area contributed by atoms with Gasteiger partial charge in [-0.1, -0.05) is 23.7 Å². The molecule has 0 aliphatic heterocycles. The first-order valence-electron chi connectivity index (χ1n) is 7.36. The Balaban J connectivity index is 2.31. The summed E-state index contributed by atoms with van der Waals surface area (Å²) in [6.07, 6.45) is 1.46. The van der Waals surface area contributed by atoms with E-state index < -0.39 is 0 Å². The van der Waals surface area contributed by atoms with Crippen LogP contribution in [0, 0.1) is 11.3 Å². The molecular formula is C18H17ClN2O2. The highest BCUT2D eigenvalue weighted by Gasteiger charge is 2.16. The molecule has 0 fully saturated rings. The highest BCUT2D eigenvalue weighted by molar-refractivity contribution is 6.33. The lowest BCUT2D eigenvalue weighted by molar-refractivity contribution is -0.126. The van der Waals surface area contributed by atoms with E-state index in [9.17, 15) is 10.1 Å². The molecular weight excluding hydrogens is 312 g/mol. The van der Waals surface area contributed by atoms with Gasteiger partial charge in [-0.25, -0.2) is 0 Å². The number of hydrogen-bond acceptors (Lipinski definition) is 3. The number of halogens is 1. The Morgan fingerprint density at radius 2 is 1.96 bits per heavy atom. The number of benzene rings is 1. The molecule has 0 aliphatic rings. The molecule has 0 saturated heterocycles. The van der Waals surface area contributed by atoms with Crippen LogP contribution < -0.4 is 0 Å². The molecule has 0 bridgehead atoms. The van der Waals surface area contributed by atoms with Gasteiger partial charge < -0.3 is 9.32 Å². The van der Waals surface area contributed by atoms with Gasteiger partial charge in [0.1, 0.15) is 23.2 Å². The number of furan rings is 1. The van der Waals surface area contributed by atoms with Gasteiger partial charge in [-0.2, -0.15) is 5.26 Å². The predicted molar refractivity (Wildman–Crippen MR) is 90.7 cm³/mol. The summed E-state index contributed by atoms with van der Waals surface area (Å²) < 4.78 is 5.70. The van der Waals surface area contributed by atoms with Gasteiger partial charge in [0.25, 0.3) is 5.91 Å². The molecule has 1 aromatic carbocycles. The van der Waals surface area contributed by atoms with Gasteiger partial charge >= 0.3 is 0 Å². The van der Waals surface area contributed by atoms with Crippen LogP contribution in [0.3, 0.4) is 0 Å². The van der Waals surface area contributed by atoms with E-state index >= 15 is 0 Å².